The SMILES string of the molecule is CCOC(=O)COc1ccc(C=NNC(=O)C(NC(=O)c2ccc(C)cc2)C(C)C)cc1Br. The lowest BCUT2D eigenvalue weighted by Gasteiger charge is -2.20. The molecule has 1 unspecified atom stereocenters. The van der Waals surface area contributed by atoms with Gasteiger partial charge in [0.25, 0.3) is 11.8 Å². The van der Waals surface area contributed by atoms with Crippen molar-refractivity contribution < 1.29 is 23.9 Å². The smallest absolute Gasteiger partial charge is 0.344 e. The number of nitrogens with one attached hydrogen (secondary N) is 2. The highest BCUT2D eigenvalue weighted by Crippen LogP contribution is 2.25. The molecular formula is C24H28BrN3O5. The number of carbonyl (C=O) groups is 3. The van der Waals surface area contributed by atoms with Crippen molar-refractivity contribution in [2.24, 2.45) is 11.0 Å². The minimum atomic E-state index is -0.749. The molecule has 33 heavy (non-hydrogen) atoms. The first-order valence-corrected chi connectivity index (χ1v) is 11.3. The molecule has 0 fully saturated rings. The molecule has 0 bridgehead atoms. The van der Waals surface area contributed by atoms with E-state index in [1.54, 1.807) is 37.3 Å². The van der Waals surface area contributed by atoms with Crippen molar-refractivity contribution >= 4 is 39.9 Å². The Kier molecular flexibility index (Phi) is 10.1. The second-order valence-electron chi connectivity index (χ2n) is 7.58. The maximum absolute atomic E-state index is 12.6. The van der Waals surface area contributed by atoms with E-state index in [1.165, 1.54) is 6.21 Å². The molecule has 2 amide bonds. The number of nitrogens with zero attached hydrogens (tertiary/aromatic N) is 1. The largest absolute Gasteiger partial charge is 0.481 e. The van der Waals surface area contributed by atoms with E-state index in [9.17, 15) is 14.4 Å². The van der Waals surface area contributed by atoms with Gasteiger partial charge < -0.3 is 14.8 Å². The molecule has 0 aliphatic heterocycles. The Morgan fingerprint density at radius 3 is 2.42 bits per heavy atom. The van der Waals surface area contributed by atoms with E-state index >= 15 is 0 Å². The van der Waals surface area contributed by atoms with E-state index in [0.29, 0.717) is 21.3 Å². The number of ether oxygens (including phenoxy) is 2. The third-order valence-corrected chi connectivity index (χ3v) is 5.16. The van der Waals surface area contributed by atoms with Crippen LogP contribution in [0.2, 0.25) is 0 Å². The first-order chi connectivity index (χ1) is 15.7. The second kappa shape index (κ2) is 12.7. The number of hydrogen-bond acceptors (Lipinski definition) is 6. The standard InChI is InChI=1S/C24H28BrN3O5/c1-5-32-21(29)14-33-20-11-8-17(12-19(20)25)13-26-28-24(31)22(15(2)3)27-23(30)18-9-6-16(4)7-10-18/h6-13,15,22H,5,14H2,1-4H3,(H,27,30)(H,28,31). The molecule has 0 aliphatic rings. The fourth-order valence-corrected chi connectivity index (χ4v) is 3.27. The van der Waals surface area contributed by atoms with E-state index in [0.717, 1.165) is 5.56 Å². The van der Waals surface area contributed by atoms with Crippen molar-refractivity contribution in [3.63, 3.8) is 0 Å². The van der Waals surface area contributed by atoms with E-state index in [4.69, 9.17) is 9.47 Å². The summed E-state index contributed by atoms with van der Waals surface area (Å²) in [7, 11) is 0. The van der Waals surface area contributed by atoms with Crippen LogP contribution in [0.15, 0.2) is 52.0 Å². The molecule has 0 radical (unpaired) electrons. The summed E-state index contributed by atoms with van der Waals surface area (Å²) in [5.41, 5.74) is 4.69. The Bertz CT molecular complexity index is 1010. The molecule has 0 saturated carbocycles. The Morgan fingerprint density at radius 2 is 1.82 bits per heavy atom. The fraction of sp³-hybridized carbons (Fsp3) is 0.333. The van der Waals surface area contributed by atoms with Gasteiger partial charge in [0.2, 0.25) is 0 Å². The van der Waals surface area contributed by atoms with Gasteiger partial charge in [-0.1, -0.05) is 31.5 Å². The molecule has 0 saturated heterocycles. The summed E-state index contributed by atoms with van der Waals surface area (Å²) in [4.78, 5) is 36.5. The van der Waals surface area contributed by atoms with Gasteiger partial charge in [-0.25, -0.2) is 10.2 Å². The van der Waals surface area contributed by atoms with E-state index in [1.807, 2.05) is 32.9 Å². The predicted octanol–water partition coefficient (Wildman–Crippen LogP) is 3.60. The lowest BCUT2D eigenvalue weighted by Crippen LogP contribution is -2.48. The van der Waals surface area contributed by atoms with Crippen LogP contribution in [-0.4, -0.2) is 43.3 Å². The third kappa shape index (κ3) is 8.34. The van der Waals surface area contributed by atoms with Crippen LogP contribution in [0.3, 0.4) is 0 Å². The van der Waals surface area contributed by atoms with E-state index in [2.05, 4.69) is 31.8 Å². The second-order valence-corrected chi connectivity index (χ2v) is 8.43. The summed E-state index contributed by atoms with van der Waals surface area (Å²) in [6.07, 6.45) is 1.47. The zero-order chi connectivity index (χ0) is 24.4. The molecule has 9 heteroatoms. The molecular weight excluding hydrogens is 490 g/mol. The van der Waals surface area contributed by atoms with Crippen molar-refractivity contribution in [2.45, 2.75) is 33.7 Å². The molecule has 2 N–H and O–H groups in total. The molecule has 0 aliphatic carbocycles. The summed E-state index contributed by atoms with van der Waals surface area (Å²) in [5, 5.41) is 6.76. The van der Waals surface area contributed by atoms with Gasteiger partial charge in [0, 0.05) is 5.56 Å². The molecule has 8 nitrogen and oxygen atoms in total. The van der Waals surface area contributed by atoms with Crippen LogP contribution in [0.4, 0.5) is 0 Å². The zero-order valence-electron chi connectivity index (χ0n) is 19.1. The van der Waals surface area contributed by atoms with Crippen LogP contribution >= 0.6 is 15.9 Å². The quantitative estimate of drug-likeness (QED) is 0.284. The summed E-state index contributed by atoms with van der Waals surface area (Å²) in [6.45, 7) is 7.44. The molecule has 2 rings (SSSR count). The minimum absolute atomic E-state index is 0.139. The molecule has 2 aromatic rings. The van der Waals surface area contributed by atoms with Gasteiger partial charge in [0.15, 0.2) is 6.61 Å². The summed E-state index contributed by atoms with van der Waals surface area (Å²) in [5.74, 6) is -0.861. The van der Waals surface area contributed by atoms with Gasteiger partial charge >= 0.3 is 5.97 Å². The lowest BCUT2D eigenvalue weighted by molar-refractivity contribution is -0.145. The number of amides is 2. The van der Waals surface area contributed by atoms with E-state index in [-0.39, 0.29) is 25.0 Å². The minimum Gasteiger partial charge on any atom is -0.481 e. The topological polar surface area (TPSA) is 106 Å². The van der Waals surface area contributed by atoms with Crippen molar-refractivity contribution in [3.8, 4) is 5.75 Å². The number of hydrogen-bond donors (Lipinski definition) is 2. The Hall–Kier alpha value is -3.20. The van der Waals surface area contributed by atoms with Gasteiger partial charge in [0.1, 0.15) is 11.8 Å². The number of aryl methyl sites for hydroxylation is 1. The normalized spacial score (nSPS) is 11.8. The summed E-state index contributed by atoms with van der Waals surface area (Å²) >= 11 is 3.38. The van der Waals surface area contributed by atoms with Crippen LogP contribution in [0.25, 0.3) is 0 Å². The van der Waals surface area contributed by atoms with Crippen molar-refractivity contribution in [1.82, 2.24) is 10.7 Å². The van der Waals surface area contributed by atoms with Gasteiger partial charge in [0.05, 0.1) is 17.3 Å². The van der Waals surface area contributed by atoms with Crippen LogP contribution in [-0.2, 0) is 14.3 Å². The van der Waals surface area contributed by atoms with Gasteiger partial charge in [-0.2, -0.15) is 5.10 Å². The van der Waals surface area contributed by atoms with Gasteiger partial charge in [-0.15, -0.1) is 0 Å². The maximum atomic E-state index is 12.6. The average Bonchev–Trinajstić information content (AvgIpc) is 2.77. The summed E-state index contributed by atoms with van der Waals surface area (Å²) < 4.78 is 10.9. The van der Waals surface area contributed by atoms with Crippen LogP contribution in [0, 0.1) is 12.8 Å². The zero-order valence-corrected chi connectivity index (χ0v) is 20.6. The van der Waals surface area contributed by atoms with Crippen molar-refractivity contribution in [1.29, 1.82) is 0 Å². The summed E-state index contributed by atoms with van der Waals surface area (Å²) in [6, 6.07) is 11.5. The van der Waals surface area contributed by atoms with Crippen LogP contribution in [0.5, 0.6) is 5.75 Å². The number of hydrazone groups is 1. The van der Waals surface area contributed by atoms with Crippen molar-refractivity contribution in [2.75, 3.05) is 13.2 Å². The molecule has 0 heterocycles. The van der Waals surface area contributed by atoms with Gasteiger partial charge in [-0.3, -0.25) is 9.59 Å². The van der Waals surface area contributed by atoms with Crippen molar-refractivity contribution in [3.05, 3.63) is 63.6 Å². The van der Waals surface area contributed by atoms with Crippen LogP contribution in [0.1, 0.15) is 42.3 Å². The Balaban J connectivity index is 1.95. The number of rotatable bonds is 10. The highest BCUT2D eigenvalue weighted by molar-refractivity contribution is 9.10. The highest BCUT2D eigenvalue weighted by Gasteiger charge is 2.24. The molecule has 0 spiro atoms. The lowest BCUT2D eigenvalue weighted by atomic mass is 10.0. The molecule has 2 aromatic carbocycles. The molecule has 176 valence electrons. The fourth-order valence-electron chi connectivity index (χ4n) is 2.76. The first kappa shape index (κ1) is 26.1. The van der Waals surface area contributed by atoms with E-state index < -0.39 is 17.9 Å². The molecule has 0 aromatic heterocycles. The Morgan fingerprint density at radius 1 is 1.12 bits per heavy atom. The number of benzene rings is 2. The highest BCUT2D eigenvalue weighted by atomic mass is 79.9. The number of halogens is 1. The number of carbonyl (C=O) groups excluding carboxylic acids is 3. The Labute approximate surface area is 201 Å². The number of esters is 1. The first-order valence-electron chi connectivity index (χ1n) is 10.5. The van der Waals surface area contributed by atoms with Gasteiger partial charge in [-0.05, 0) is 71.6 Å². The maximum Gasteiger partial charge on any atom is 0.344 e. The third-order valence-electron chi connectivity index (χ3n) is 4.54. The monoisotopic (exact) mass is 517 g/mol. The molecule has 1 atom stereocenters. The predicted molar refractivity (Wildman–Crippen MR) is 129 cm³/mol. The van der Waals surface area contributed by atoms with Crippen LogP contribution < -0.4 is 15.5 Å². The average molecular weight is 518 g/mol.